The first kappa shape index (κ1) is 11.9. The number of ether oxygens (including phenoxy) is 1. The van der Waals surface area contributed by atoms with E-state index in [9.17, 15) is 9.59 Å². The topological polar surface area (TPSA) is 75.9 Å². The van der Waals surface area contributed by atoms with Gasteiger partial charge in [-0.2, -0.15) is 0 Å². The lowest BCUT2D eigenvalue weighted by Crippen LogP contribution is -2.53. The third-order valence-electron chi connectivity index (χ3n) is 2.32. The van der Waals surface area contributed by atoms with Gasteiger partial charge in [-0.1, -0.05) is 0 Å². The number of hydrazine groups is 1. The summed E-state index contributed by atoms with van der Waals surface area (Å²) in [6.45, 7) is 5.35. The molecule has 1 rings (SSSR count). The Morgan fingerprint density at radius 3 is 2.27 bits per heavy atom. The standard InChI is InChI=1S/C9H17N3O3/c1-7(15-8(2)13)9(14)11-3-5-12(10)6-4-11/h7H,3-6,10H2,1-2H3/t7-/m1/s1. The lowest BCUT2D eigenvalue weighted by Gasteiger charge is -2.33. The molecule has 1 amide bonds. The van der Waals surface area contributed by atoms with E-state index in [0.717, 1.165) is 0 Å². The van der Waals surface area contributed by atoms with Crippen LogP contribution < -0.4 is 5.84 Å². The summed E-state index contributed by atoms with van der Waals surface area (Å²) in [6, 6.07) is 0. The molecule has 1 aliphatic rings. The molecule has 0 radical (unpaired) electrons. The fraction of sp³-hybridized carbons (Fsp3) is 0.778. The molecule has 1 aliphatic heterocycles. The molecule has 6 nitrogen and oxygen atoms in total. The highest BCUT2D eigenvalue weighted by atomic mass is 16.5. The molecule has 0 unspecified atom stereocenters. The third kappa shape index (κ3) is 3.49. The summed E-state index contributed by atoms with van der Waals surface area (Å²) < 4.78 is 4.82. The van der Waals surface area contributed by atoms with Crippen LogP contribution in [0, 0.1) is 0 Å². The number of esters is 1. The van der Waals surface area contributed by atoms with Crippen LogP contribution in [0.15, 0.2) is 0 Å². The number of nitrogens with zero attached hydrogens (tertiary/aromatic N) is 2. The molecule has 1 saturated heterocycles. The molecule has 1 atom stereocenters. The quantitative estimate of drug-likeness (QED) is 0.470. The Morgan fingerprint density at radius 1 is 1.27 bits per heavy atom. The molecule has 0 aromatic rings. The number of rotatable bonds is 2. The number of hydrogen-bond acceptors (Lipinski definition) is 5. The van der Waals surface area contributed by atoms with Crippen LogP contribution in [-0.4, -0.2) is 54.1 Å². The monoisotopic (exact) mass is 215 g/mol. The zero-order valence-electron chi connectivity index (χ0n) is 9.10. The van der Waals surface area contributed by atoms with Gasteiger partial charge < -0.3 is 9.64 Å². The fourth-order valence-electron chi connectivity index (χ4n) is 1.50. The Kier molecular flexibility index (Phi) is 4.05. The average Bonchev–Trinajstić information content (AvgIpc) is 2.17. The van der Waals surface area contributed by atoms with Crippen LogP contribution in [0.3, 0.4) is 0 Å². The number of carbonyl (C=O) groups excluding carboxylic acids is 2. The number of nitrogens with two attached hydrogens (primary N) is 1. The van der Waals surface area contributed by atoms with Crippen LogP contribution in [0.1, 0.15) is 13.8 Å². The van der Waals surface area contributed by atoms with Gasteiger partial charge in [-0.05, 0) is 6.92 Å². The van der Waals surface area contributed by atoms with E-state index in [1.165, 1.54) is 6.92 Å². The van der Waals surface area contributed by atoms with E-state index in [2.05, 4.69) is 0 Å². The lowest BCUT2D eigenvalue weighted by molar-refractivity contribution is -0.158. The van der Waals surface area contributed by atoms with E-state index >= 15 is 0 Å². The van der Waals surface area contributed by atoms with Crippen molar-refractivity contribution in [1.29, 1.82) is 0 Å². The van der Waals surface area contributed by atoms with Gasteiger partial charge in [0.2, 0.25) is 0 Å². The van der Waals surface area contributed by atoms with Gasteiger partial charge in [-0.15, -0.1) is 0 Å². The predicted molar refractivity (Wildman–Crippen MR) is 53.6 cm³/mol. The number of amides is 1. The van der Waals surface area contributed by atoms with Crippen molar-refractivity contribution < 1.29 is 14.3 Å². The van der Waals surface area contributed by atoms with Crippen molar-refractivity contribution in [2.24, 2.45) is 5.84 Å². The molecule has 0 aromatic carbocycles. The molecule has 1 fully saturated rings. The molecule has 0 saturated carbocycles. The van der Waals surface area contributed by atoms with Gasteiger partial charge in [-0.25, -0.2) is 5.01 Å². The van der Waals surface area contributed by atoms with Crippen molar-refractivity contribution in [3.05, 3.63) is 0 Å². The Bertz CT molecular complexity index is 249. The lowest BCUT2D eigenvalue weighted by atomic mass is 10.3. The maximum absolute atomic E-state index is 11.7. The molecule has 0 aromatic heterocycles. The Labute approximate surface area is 88.9 Å². The SMILES string of the molecule is CC(=O)O[C@H](C)C(=O)N1CCN(N)CC1. The van der Waals surface area contributed by atoms with E-state index in [4.69, 9.17) is 10.6 Å². The minimum absolute atomic E-state index is 0.154. The van der Waals surface area contributed by atoms with Crippen LogP contribution in [0.2, 0.25) is 0 Å². The summed E-state index contributed by atoms with van der Waals surface area (Å²) >= 11 is 0. The van der Waals surface area contributed by atoms with Crippen LogP contribution in [0.25, 0.3) is 0 Å². The third-order valence-corrected chi connectivity index (χ3v) is 2.32. The molecule has 15 heavy (non-hydrogen) atoms. The van der Waals surface area contributed by atoms with E-state index in [-0.39, 0.29) is 5.91 Å². The molecular formula is C9H17N3O3. The first-order valence-electron chi connectivity index (χ1n) is 4.96. The van der Waals surface area contributed by atoms with Crippen molar-refractivity contribution in [2.75, 3.05) is 26.2 Å². The molecule has 6 heteroatoms. The van der Waals surface area contributed by atoms with Crippen LogP contribution in [-0.2, 0) is 14.3 Å². The van der Waals surface area contributed by atoms with Crippen molar-refractivity contribution in [3.63, 3.8) is 0 Å². The van der Waals surface area contributed by atoms with E-state index in [0.29, 0.717) is 26.2 Å². The fourth-order valence-corrected chi connectivity index (χ4v) is 1.50. The van der Waals surface area contributed by atoms with Crippen molar-refractivity contribution in [2.45, 2.75) is 20.0 Å². The van der Waals surface area contributed by atoms with Crippen LogP contribution >= 0.6 is 0 Å². The number of carbonyl (C=O) groups is 2. The molecule has 86 valence electrons. The second kappa shape index (κ2) is 5.09. The molecule has 1 heterocycles. The highest BCUT2D eigenvalue weighted by Gasteiger charge is 2.25. The van der Waals surface area contributed by atoms with Gasteiger partial charge in [-0.3, -0.25) is 15.4 Å². The molecule has 2 N–H and O–H groups in total. The van der Waals surface area contributed by atoms with Crippen LogP contribution in [0.4, 0.5) is 0 Å². The first-order valence-corrected chi connectivity index (χ1v) is 4.96. The molecule has 0 aliphatic carbocycles. The maximum Gasteiger partial charge on any atom is 0.303 e. The summed E-state index contributed by atoms with van der Waals surface area (Å²) in [4.78, 5) is 24.1. The number of piperazine rings is 1. The summed E-state index contributed by atoms with van der Waals surface area (Å²) in [5.41, 5.74) is 0. The predicted octanol–water partition coefficient (Wildman–Crippen LogP) is -1.04. The van der Waals surface area contributed by atoms with Gasteiger partial charge in [0.1, 0.15) is 0 Å². The number of hydrogen-bond donors (Lipinski definition) is 1. The van der Waals surface area contributed by atoms with E-state index in [1.54, 1.807) is 16.8 Å². The van der Waals surface area contributed by atoms with Gasteiger partial charge in [0.15, 0.2) is 6.10 Å². The largest absolute Gasteiger partial charge is 0.453 e. The smallest absolute Gasteiger partial charge is 0.303 e. The molecular weight excluding hydrogens is 198 g/mol. The van der Waals surface area contributed by atoms with Gasteiger partial charge >= 0.3 is 5.97 Å². The second-order valence-electron chi connectivity index (χ2n) is 3.61. The highest BCUT2D eigenvalue weighted by molar-refractivity contribution is 5.83. The minimum Gasteiger partial charge on any atom is -0.453 e. The summed E-state index contributed by atoms with van der Waals surface area (Å²) in [6.07, 6.45) is -0.702. The molecule has 0 bridgehead atoms. The summed E-state index contributed by atoms with van der Waals surface area (Å²) in [5.74, 6) is 4.97. The molecule has 0 spiro atoms. The Morgan fingerprint density at radius 2 is 1.80 bits per heavy atom. The van der Waals surface area contributed by atoms with Crippen LogP contribution in [0.5, 0.6) is 0 Å². The maximum atomic E-state index is 11.7. The summed E-state index contributed by atoms with van der Waals surface area (Å²) in [7, 11) is 0. The van der Waals surface area contributed by atoms with Gasteiger partial charge in [0.25, 0.3) is 5.91 Å². The zero-order chi connectivity index (χ0) is 11.4. The van der Waals surface area contributed by atoms with E-state index in [1.807, 2.05) is 0 Å². The van der Waals surface area contributed by atoms with Crippen molar-refractivity contribution in [1.82, 2.24) is 9.91 Å². The van der Waals surface area contributed by atoms with Gasteiger partial charge in [0.05, 0.1) is 0 Å². The Hall–Kier alpha value is -1.14. The summed E-state index contributed by atoms with van der Waals surface area (Å²) in [5, 5.41) is 1.67. The average molecular weight is 215 g/mol. The van der Waals surface area contributed by atoms with E-state index < -0.39 is 12.1 Å². The zero-order valence-corrected chi connectivity index (χ0v) is 9.10. The van der Waals surface area contributed by atoms with Crippen molar-refractivity contribution >= 4 is 11.9 Å². The van der Waals surface area contributed by atoms with Crippen molar-refractivity contribution in [3.8, 4) is 0 Å². The van der Waals surface area contributed by atoms with Gasteiger partial charge in [0, 0.05) is 33.1 Å². The Balaban J connectivity index is 2.42. The normalized spacial score (nSPS) is 19.8. The second-order valence-corrected chi connectivity index (χ2v) is 3.61. The highest BCUT2D eigenvalue weighted by Crippen LogP contribution is 2.03. The minimum atomic E-state index is -0.702. The first-order chi connectivity index (χ1) is 7.00.